The van der Waals surface area contributed by atoms with Crippen molar-refractivity contribution in [3.05, 3.63) is 126 Å². The van der Waals surface area contributed by atoms with Gasteiger partial charge in [0.25, 0.3) is 0 Å². The van der Waals surface area contributed by atoms with Crippen molar-refractivity contribution in [2.75, 3.05) is 5.32 Å². The number of nitrogens with one attached hydrogen (secondary N) is 2. The minimum Gasteiger partial charge on any atom is -0.490 e. The Morgan fingerprint density at radius 2 is 1.40 bits per heavy atom. The van der Waals surface area contributed by atoms with Crippen LogP contribution in [0.3, 0.4) is 0 Å². The van der Waals surface area contributed by atoms with Crippen molar-refractivity contribution >= 4 is 38.4 Å². The van der Waals surface area contributed by atoms with Gasteiger partial charge in [0.1, 0.15) is 17.2 Å². The number of rotatable bonds is 11. The molecule has 0 unspecified atom stereocenters. The molecular weight excluding hydrogens is 628 g/mol. The Morgan fingerprint density at radius 1 is 0.771 bits per heavy atom. The number of benzene rings is 5. The SMILES string of the molecule is Cc1ccc(S(=O)(=O)NC2CCC(Oc3ccc4cc(Oc5ccc(CC(=O)Nc6ccccc6C(=O)O)cc5)ccc4c3)CC2)cc1. The van der Waals surface area contributed by atoms with E-state index in [-0.39, 0.29) is 40.6 Å². The monoisotopic (exact) mass is 664 g/mol. The Balaban J connectivity index is 0.998. The lowest BCUT2D eigenvalue weighted by Gasteiger charge is -2.29. The van der Waals surface area contributed by atoms with Crippen molar-refractivity contribution in [2.24, 2.45) is 0 Å². The maximum absolute atomic E-state index is 12.8. The summed E-state index contributed by atoms with van der Waals surface area (Å²) in [6.45, 7) is 1.93. The van der Waals surface area contributed by atoms with Gasteiger partial charge in [-0.15, -0.1) is 0 Å². The first-order valence-corrected chi connectivity index (χ1v) is 17.3. The third-order valence-corrected chi connectivity index (χ3v) is 9.90. The summed E-state index contributed by atoms with van der Waals surface area (Å²) in [5.74, 6) is 0.633. The maximum atomic E-state index is 12.8. The lowest BCUT2D eigenvalue weighted by atomic mass is 9.93. The number of anilines is 1. The highest BCUT2D eigenvalue weighted by Gasteiger charge is 2.27. The van der Waals surface area contributed by atoms with Gasteiger partial charge < -0.3 is 19.9 Å². The van der Waals surface area contributed by atoms with Crippen LogP contribution in [0.15, 0.2) is 114 Å². The summed E-state index contributed by atoms with van der Waals surface area (Å²) in [4.78, 5) is 24.2. The number of carbonyl (C=O) groups excluding carboxylic acids is 1. The van der Waals surface area contributed by atoms with Crippen molar-refractivity contribution < 1.29 is 32.6 Å². The zero-order valence-corrected chi connectivity index (χ0v) is 27.2. The molecule has 48 heavy (non-hydrogen) atoms. The number of fused-ring (bicyclic) bond motifs is 1. The van der Waals surface area contributed by atoms with E-state index in [0.29, 0.717) is 24.3 Å². The number of carboxylic acids is 1. The van der Waals surface area contributed by atoms with Crippen LogP contribution in [-0.2, 0) is 21.2 Å². The summed E-state index contributed by atoms with van der Waals surface area (Å²) in [5, 5.41) is 14.0. The quantitative estimate of drug-likeness (QED) is 0.133. The Hall–Kier alpha value is -5.19. The molecular formula is C38H36N2O7S. The van der Waals surface area contributed by atoms with E-state index < -0.39 is 16.0 Å². The highest BCUT2D eigenvalue weighted by Crippen LogP contribution is 2.31. The van der Waals surface area contributed by atoms with E-state index in [0.717, 1.165) is 40.5 Å². The molecule has 0 aliphatic heterocycles. The van der Waals surface area contributed by atoms with Gasteiger partial charge in [0.2, 0.25) is 15.9 Å². The molecule has 5 aromatic rings. The van der Waals surface area contributed by atoms with Gasteiger partial charge in [-0.1, -0.05) is 54.1 Å². The highest BCUT2D eigenvalue weighted by molar-refractivity contribution is 7.89. The van der Waals surface area contributed by atoms with Crippen LogP contribution in [0.2, 0.25) is 0 Å². The summed E-state index contributed by atoms with van der Waals surface area (Å²) in [6.07, 6.45) is 3.03. The number of sulfonamides is 1. The zero-order chi connectivity index (χ0) is 33.7. The van der Waals surface area contributed by atoms with Gasteiger partial charge in [-0.3, -0.25) is 4.79 Å². The largest absolute Gasteiger partial charge is 0.490 e. The Kier molecular flexibility index (Phi) is 9.75. The van der Waals surface area contributed by atoms with Crippen LogP contribution in [0.1, 0.15) is 47.2 Å². The predicted molar refractivity (Wildman–Crippen MR) is 184 cm³/mol. The first-order chi connectivity index (χ1) is 23.1. The smallest absolute Gasteiger partial charge is 0.337 e. The predicted octanol–water partition coefficient (Wildman–Crippen LogP) is 7.49. The van der Waals surface area contributed by atoms with Crippen LogP contribution in [-0.4, -0.2) is 37.5 Å². The average molecular weight is 665 g/mol. The average Bonchev–Trinajstić information content (AvgIpc) is 3.07. The fraction of sp³-hybridized carbons (Fsp3) is 0.211. The molecule has 1 aliphatic carbocycles. The topological polar surface area (TPSA) is 131 Å². The second-order valence-electron chi connectivity index (χ2n) is 12.0. The van der Waals surface area contributed by atoms with E-state index in [4.69, 9.17) is 9.47 Å². The summed E-state index contributed by atoms with van der Waals surface area (Å²) < 4.78 is 40.8. The van der Waals surface area contributed by atoms with Gasteiger partial charge in [0.05, 0.1) is 28.7 Å². The summed E-state index contributed by atoms with van der Waals surface area (Å²) in [5.41, 5.74) is 2.07. The minimum absolute atomic E-state index is 0.0137. The van der Waals surface area contributed by atoms with Crippen LogP contribution in [0.25, 0.3) is 10.8 Å². The summed E-state index contributed by atoms with van der Waals surface area (Å²) in [7, 11) is -3.55. The molecule has 0 saturated heterocycles. The highest BCUT2D eigenvalue weighted by atomic mass is 32.2. The van der Waals surface area contributed by atoms with Crippen LogP contribution < -0.4 is 19.5 Å². The Bertz CT molecular complexity index is 2040. The lowest BCUT2D eigenvalue weighted by molar-refractivity contribution is -0.115. The van der Waals surface area contributed by atoms with Gasteiger partial charge >= 0.3 is 5.97 Å². The van der Waals surface area contributed by atoms with E-state index in [2.05, 4.69) is 10.0 Å². The first kappa shape index (κ1) is 32.7. The van der Waals surface area contributed by atoms with Gasteiger partial charge in [0, 0.05) is 6.04 Å². The van der Waals surface area contributed by atoms with Crippen LogP contribution in [0.4, 0.5) is 5.69 Å². The van der Waals surface area contributed by atoms with Crippen LogP contribution >= 0.6 is 0 Å². The number of hydrogen-bond acceptors (Lipinski definition) is 6. The number of para-hydroxylation sites is 1. The van der Waals surface area contributed by atoms with E-state index in [1.165, 1.54) is 6.07 Å². The molecule has 1 aliphatic rings. The van der Waals surface area contributed by atoms with E-state index in [1.54, 1.807) is 66.7 Å². The maximum Gasteiger partial charge on any atom is 0.337 e. The number of carbonyl (C=O) groups is 2. The molecule has 1 fully saturated rings. The van der Waals surface area contributed by atoms with Gasteiger partial charge in [-0.2, -0.15) is 0 Å². The molecule has 5 aromatic carbocycles. The van der Waals surface area contributed by atoms with Crippen molar-refractivity contribution in [3.8, 4) is 17.2 Å². The van der Waals surface area contributed by atoms with Gasteiger partial charge in [-0.25, -0.2) is 17.9 Å². The third-order valence-electron chi connectivity index (χ3n) is 8.37. The molecule has 0 atom stereocenters. The second kappa shape index (κ2) is 14.3. The molecule has 0 radical (unpaired) electrons. The van der Waals surface area contributed by atoms with E-state index in [9.17, 15) is 23.1 Å². The molecule has 6 rings (SSSR count). The molecule has 1 amide bonds. The van der Waals surface area contributed by atoms with Crippen molar-refractivity contribution in [1.29, 1.82) is 0 Å². The molecule has 0 heterocycles. The lowest BCUT2D eigenvalue weighted by Crippen LogP contribution is -2.39. The molecule has 0 aromatic heterocycles. The fourth-order valence-corrected chi connectivity index (χ4v) is 7.11. The van der Waals surface area contributed by atoms with Crippen LogP contribution in [0, 0.1) is 6.92 Å². The number of amides is 1. The number of aryl methyl sites for hydroxylation is 1. The van der Waals surface area contributed by atoms with Crippen molar-refractivity contribution in [3.63, 3.8) is 0 Å². The van der Waals surface area contributed by atoms with E-state index in [1.807, 2.05) is 43.3 Å². The van der Waals surface area contributed by atoms with Gasteiger partial charge in [-0.05, 0) is 110 Å². The molecule has 0 spiro atoms. The molecule has 0 bridgehead atoms. The van der Waals surface area contributed by atoms with Gasteiger partial charge in [0.15, 0.2) is 0 Å². The summed E-state index contributed by atoms with van der Waals surface area (Å²) >= 11 is 0. The Labute approximate surface area is 279 Å². The second-order valence-corrected chi connectivity index (χ2v) is 13.7. The standard InChI is InChI=1S/C38H36N2O7S/c1-25-6-20-34(21-7-25)48(44,45)40-29-12-18-31(19-13-29)47-33-17-11-27-23-32(16-10-28(27)24-33)46-30-14-8-26(9-15-30)22-37(41)39-36-5-3-2-4-35(36)38(42)43/h2-11,14-17,20-21,23-24,29,31,40H,12-13,18-19,22H2,1H3,(H,39,41)(H,42,43). The van der Waals surface area contributed by atoms with Crippen LogP contribution in [0.5, 0.6) is 17.2 Å². The number of aromatic carboxylic acids is 1. The molecule has 3 N–H and O–H groups in total. The normalized spacial score (nSPS) is 16.3. The molecule has 9 nitrogen and oxygen atoms in total. The minimum atomic E-state index is -3.55. The molecule has 10 heteroatoms. The first-order valence-electron chi connectivity index (χ1n) is 15.8. The molecule has 246 valence electrons. The number of hydrogen-bond donors (Lipinski definition) is 3. The molecule has 1 saturated carbocycles. The zero-order valence-electron chi connectivity index (χ0n) is 26.4. The van der Waals surface area contributed by atoms with Crippen molar-refractivity contribution in [1.82, 2.24) is 4.72 Å². The number of carboxylic acid groups (broad SMARTS) is 1. The fourth-order valence-electron chi connectivity index (χ4n) is 5.80. The van der Waals surface area contributed by atoms with Crippen molar-refractivity contribution in [2.45, 2.75) is 56.1 Å². The summed E-state index contributed by atoms with van der Waals surface area (Å²) in [6, 6.07) is 32.0. The third kappa shape index (κ3) is 8.20. The Morgan fingerprint density at radius 3 is 2.08 bits per heavy atom. The number of ether oxygens (including phenoxy) is 2. The van der Waals surface area contributed by atoms with E-state index >= 15 is 0 Å².